The van der Waals surface area contributed by atoms with Crippen molar-refractivity contribution in [2.24, 2.45) is 5.73 Å². The molecule has 0 radical (unpaired) electrons. The maximum atomic E-state index is 13.5. The lowest BCUT2D eigenvalue weighted by atomic mass is 10.0. The number of nitrogens with two attached hydrogens (primary N) is 1. The summed E-state index contributed by atoms with van der Waals surface area (Å²) in [6.07, 6.45) is 7.35. The number of benzene rings is 2. The number of rotatable bonds is 24. The van der Waals surface area contributed by atoms with Crippen LogP contribution in [0.5, 0.6) is 5.75 Å². The average molecular weight is 899 g/mol. The van der Waals surface area contributed by atoms with Gasteiger partial charge in [0.15, 0.2) is 11.8 Å². The number of nitrogens with zero attached hydrogens (tertiary/aromatic N) is 5. The van der Waals surface area contributed by atoms with Gasteiger partial charge in [0.1, 0.15) is 30.1 Å². The third-order valence-electron chi connectivity index (χ3n) is 9.86. The predicted octanol–water partition coefficient (Wildman–Crippen LogP) is 1.65. The molecule has 2 aromatic heterocycles. The molecule has 20 nitrogen and oxygen atoms in total. The number of amides is 5. The number of hydrogen-bond donors (Lipinski definition) is 3. The first kappa shape index (κ1) is 46.7. The summed E-state index contributed by atoms with van der Waals surface area (Å²) in [5.41, 5.74) is 7.62. The van der Waals surface area contributed by atoms with Crippen LogP contribution >= 0.6 is 11.3 Å². The number of terminal acetylenes is 1. The lowest BCUT2D eigenvalue weighted by Gasteiger charge is -2.30. The van der Waals surface area contributed by atoms with Gasteiger partial charge in [-0.15, -0.1) is 22.9 Å². The zero-order valence-corrected chi connectivity index (χ0v) is 35.6. The molecule has 64 heavy (non-hydrogen) atoms. The summed E-state index contributed by atoms with van der Waals surface area (Å²) in [4.78, 5) is 91.6. The zero-order valence-electron chi connectivity index (χ0n) is 34.8. The molecule has 2 aromatic carbocycles. The molecule has 0 aliphatic carbocycles. The van der Waals surface area contributed by atoms with Crippen molar-refractivity contribution >= 4 is 64.0 Å². The molecule has 0 saturated carbocycles. The van der Waals surface area contributed by atoms with Crippen molar-refractivity contribution in [3.63, 3.8) is 0 Å². The van der Waals surface area contributed by atoms with E-state index in [0.29, 0.717) is 74.7 Å². The number of esters is 1. The lowest BCUT2D eigenvalue weighted by molar-refractivity contribution is -0.148. The Hall–Kier alpha value is -6.83. The van der Waals surface area contributed by atoms with Crippen LogP contribution in [0.2, 0.25) is 0 Å². The molecule has 5 amide bonds. The maximum Gasteiger partial charge on any atom is 0.330 e. The van der Waals surface area contributed by atoms with Crippen LogP contribution in [0.15, 0.2) is 66.2 Å². The minimum atomic E-state index is -1.64. The molecule has 0 spiro atoms. The van der Waals surface area contributed by atoms with E-state index < -0.39 is 59.4 Å². The molecule has 1 saturated heterocycles. The molecular formula is C43H46N8O12S. The molecule has 6 rings (SSSR count). The Labute approximate surface area is 371 Å². The van der Waals surface area contributed by atoms with Crippen molar-refractivity contribution in [2.75, 3.05) is 63.0 Å². The minimum Gasteiger partial charge on any atom is -0.487 e. The Kier molecular flexibility index (Phi) is 16.4. The summed E-state index contributed by atoms with van der Waals surface area (Å²) in [5.74, 6) is -2.23. The van der Waals surface area contributed by atoms with Crippen LogP contribution in [0.3, 0.4) is 0 Å². The number of nitrogens with one attached hydrogen (secondary N) is 2. The first-order valence-electron chi connectivity index (χ1n) is 20.2. The van der Waals surface area contributed by atoms with Gasteiger partial charge in [0, 0.05) is 29.2 Å². The number of carbonyl (C=O) groups excluding carboxylic acids is 7. The molecule has 336 valence electrons. The highest BCUT2D eigenvalue weighted by Crippen LogP contribution is 2.34. The molecule has 4 N–H and O–H groups in total. The van der Waals surface area contributed by atoms with Crippen LogP contribution in [0.1, 0.15) is 57.1 Å². The average Bonchev–Trinajstić information content (AvgIpc) is 4.06. The van der Waals surface area contributed by atoms with Crippen LogP contribution in [0.4, 0.5) is 11.4 Å². The number of Topliss-reactive ketones (excluding diaryl/α,β-unsaturated/α-hetero) is 1. The molecule has 4 aromatic rings. The predicted molar refractivity (Wildman–Crippen MR) is 228 cm³/mol. The van der Waals surface area contributed by atoms with E-state index in [0.717, 1.165) is 9.80 Å². The summed E-state index contributed by atoms with van der Waals surface area (Å²) in [7, 11) is 0. The summed E-state index contributed by atoms with van der Waals surface area (Å²) in [6.45, 7) is 4.46. The topological polar surface area (TPSA) is 253 Å². The molecular weight excluding hydrogens is 853 g/mol. The monoisotopic (exact) mass is 898 g/mol. The maximum absolute atomic E-state index is 13.5. The van der Waals surface area contributed by atoms with E-state index in [1.807, 2.05) is 0 Å². The van der Waals surface area contributed by atoms with Gasteiger partial charge >= 0.3 is 11.9 Å². The second kappa shape index (κ2) is 22.5. The molecule has 3 atom stereocenters. The van der Waals surface area contributed by atoms with Crippen molar-refractivity contribution in [1.82, 2.24) is 25.2 Å². The normalized spacial score (nSPS) is 15.5. The van der Waals surface area contributed by atoms with E-state index in [1.54, 1.807) is 71.7 Å². The second-order valence-electron chi connectivity index (χ2n) is 14.1. The van der Waals surface area contributed by atoms with E-state index in [2.05, 4.69) is 26.9 Å². The Morgan fingerprint density at radius 2 is 1.72 bits per heavy atom. The number of carbonyl (C=O) groups is 7. The van der Waals surface area contributed by atoms with Gasteiger partial charge in [0.05, 0.1) is 70.1 Å². The number of ketones is 1. The fourth-order valence-corrected chi connectivity index (χ4v) is 7.63. The number of fused-ring (bicyclic) bond motifs is 1. The molecule has 3 unspecified atom stereocenters. The van der Waals surface area contributed by atoms with Crippen molar-refractivity contribution in [2.45, 2.75) is 51.0 Å². The quantitative estimate of drug-likeness (QED) is 0.0297. The van der Waals surface area contributed by atoms with Crippen LogP contribution in [-0.4, -0.2) is 126 Å². The minimum absolute atomic E-state index is 0.0268. The van der Waals surface area contributed by atoms with Crippen molar-refractivity contribution in [3.8, 4) is 18.1 Å². The summed E-state index contributed by atoms with van der Waals surface area (Å²) >= 11 is 1.21. The molecule has 21 heteroatoms. The smallest absolute Gasteiger partial charge is 0.330 e. The SMILES string of the molecule is C#CC(=O)N(c1ccc(OCc2cn(CCOCCOCCOCCNc3cccc4c3C(=O)N(C3CCC(=O)NC3=O)C4=O)nn2)cc1)C(C(=O)C(N)C(=O)OCC)c1cccs1. The van der Waals surface area contributed by atoms with E-state index in [-0.39, 0.29) is 42.9 Å². The third-order valence-corrected chi connectivity index (χ3v) is 10.8. The second-order valence-corrected chi connectivity index (χ2v) is 15.0. The largest absolute Gasteiger partial charge is 0.487 e. The van der Waals surface area contributed by atoms with E-state index >= 15 is 0 Å². The number of anilines is 2. The number of hydrogen-bond acceptors (Lipinski definition) is 17. The number of piperidine rings is 1. The van der Waals surface area contributed by atoms with Crippen LogP contribution in [0.25, 0.3) is 0 Å². The van der Waals surface area contributed by atoms with Crippen LogP contribution in [-0.2, 0) is 56.1 Å². The zero-order chi connectivity index (χ0) is 45.6. The van der Waals surface area contributed by atoms with Gasteiger partial charge in [0.2, 0.25) is 11.8 Å². The lowest BCUT2D eigenvalue weighted by Crippen LogP contribution is -2.54. The molecule has 2 aliphatic heterocycles. The number of aromatic nitrogens is 3. The first-order valence-corrected chi connectivity index (χ1v) is 21.1. The molecule has 2 aliphatic rings. The van der Waals surface area contributed by atoms with Crippen molar-refractivity contribution in [3.05, 3.63) is 87.9 Å². The van der Waals surface area contributed by atoms with Crippen LogP contribution in [0, 0.1) is 12.3 Å². The van der Waals surface area contributed by atoms with Gasteiger partial charge in [-0.05, 0) is 67.1 Å². The number of ether oxygens (including phenoxy) is 5. The Morgan fingerprint density at radius 1 is 0.984 bits per heavy atom. The number of imide groups is 2. The highest BCUT2D eigenvalue weighted by atomic mass is 32.1. The molecule has 0 bridgehead atoms. The van der Waals surface area contributed by atoms with Gasteiger partial charge in [-0.25, -0.2) is 9.48 Å². The fourth-order valence-electron chi connectivity index (χ4n) is 6.81. The van der Waals surface area contributed by atoms with E-state index in [9.17, 15) is 33.6 Å². The summed E-state index contributed by atoms with van der Waals surface area (Å²) in [6, 6.07) is 10.6. The summed E-state index contributed by atoms with van der Waals surface area (Å²) in [5, 5.41) is 15.3. The Morgan fingerprint density at radius 3 is 2.41 bits per heavy atom. The standard InChI is InChI=1S/C43H46N8O12S/c1-3-35(53)50(38(33-9-6-24-64-33)39(54)37(44)43(58)62-4-2)28-10-12-29(13-11-28)63-26-27-25-49(48-47-27)17-19-60-21-23-61-22-20-59-18-16-45-31-8-5-7-30-36(31)42(57)51(41(30)56)32-14-15-34(52)46-40(32)55/h1,5-13,24-25,32,37-38,45H,4,14-23,26,44H2,2H3,(H,46,52,55). The Balaban J connectivity index is 0.857. The Bertz CT molecular complexity index is 2360. The van der Waals surface area contributed by atoms with Crippen molar-refractivity contribution in [1.29, 1.82) is 0 Å². The van der Waals surface area contributed by atoms with Gasteiger partial charge in [0.25, 0.3) is 11.8 Å². The van der Waals surface area contributed by atoms with E-state index in [4.69, 9.17) is 35.8 Å². The van der Waals surface area contributed by atoms with Gasteiger partial charge in [-0.3, -0.25) is 43.9 Å². The fraction of sp³-hybridized carbons (Fsp3) is 0.372. The molecule has 4 heterocycles. The summed E-state index contributed by atoms with van der Waals surface area (Å²) < 4.78 is 29.3. The van der Waals surface area contributed by atoms with Crippen molar-refractivity contribution < 1.29 is 57.2 Å². The van der Waals surface area contributed by atoms with Gasteiger partial charge < -0.3 is 34.7 Å². The van der Waals surface area contributed by atoms with Gasteiger partial charge in [-0.1, -0.05) is 17.3 Å². The first-order chi connectivity index (χ1) is 31.0. The highest BCUT2D eigenvalue weighted by Gasteiger charge is 2.45. The molecule has 1 fully saturated rings. The van der Waals surface area contributed by atoms with Crippen LogP contribution < -0.4 is 26.0 Å². The van der Waals surface area contributed by atoms with Gasteiger partial charge in [-0.2, -0.15) is 0 Å². The number of thiophene rings is 1. The van der Waals surface area contributed by atoms with E-state index in [1.165, 1.54) is 17.4 Å². The third kappa shape index (κ3) is 11.4. The highest BCUT2D eigenvalue weighted by molar-refractivity contribution is 7.10.